The van der Waals surface area contributed by atoms with Crippen LogP contribution in [0.4, 0.5) is 5.69 Å². The average molecular weight is 410 g/mol. The molecule has 2 N–H and O–H groups in total. The number of furan rings is 1. The monoisotopic (exact) mass is 409 g/mol. The molecule has 3 aromatic rings. The number of hydrogen-bond donors (Lipinski definition) is 2. The Kier molecular flexibility index (Phi) is 5.84. The Morgan fingerprint density at radius 2 is 1.89 bits per heavy atom. The number of nitrogens with zero attached hydrogens (tertiary/aromatic N) is 2. The summed E-state index contributed by atoms with van der Waals surface area (Å²) in [7, 11) is 1.85. The van der Waals surface area contributed by atoms with Crippen LogP contribution in [-0.4, -0.2) is 29.7 Å². The molecule has 1 aromatic carbocycles. The topological polar surface area (TPSA) is 85.6 Å². The van der Waals surface area contributed by atoms with E-state index in [2.05, 4.69) is 15.5 Å². The van der Waals surface area contributed by atoms with Gasteiger partial charge >= 0.3 is 0 Å². The minimum atomic E-state index is -0.219. The number of likely N-dealkylation sites (N-methyl/N-ethyl adjacent to an activating group) is 1. The third-order valence-corrected chi connectivity index (χ3v) is 4.51. The smallest absolute Gasteiger partial charge is 0.279 e. The largest absolute Gasteiger partial charge is 0.466 e. The molecule has 0 radical (unpaired) electrons. The summed E-state index contributed by atoms with van der Waals surface area (Å²) in [6, 6.07) is 6.90. The summed E-state index contributed by atoms with van der Waals surface area (Å²) in [6.45, 7) is 4.28. The number of nitrogens with one attached hydrogen (secondary N) is 2. The minimum absolute atomic E-state index is 0.184. The van der Waals surface area contributed by atoms with E-state index in [9.17, 15) is 4.79 Å². The highest BCUT2D eigenvalue weighted by Gasteiger charge is 2.19. The van der Waals surface area contributed by atoms with E-state index in [4.69, 9.17) is 32.0 Å². The number of quaternary nitrogens is 1. The zero-order valence-electron chi connectivity index (χ0n) is 15.1. The number of hydrogen-bond acceptors (Lipinski definition) is 5. The third-order valence-electron chi connectivity index (χ3n) is 3.88. The number of amides is 1. The maximum atomic E-state index is 12.3. The predicted octanol–water partition coefficient (Wildman–Crippen LogP) is 2.91. The molecule has 2 heterocycles. The van der Waals surface area contributed by atoms with Crippen molar-refractivity contribution in [1.29, 1.82) is 0 Å². The van der Waals surface area contributed by atoms with E-state index >= 15 is 0 Å². The molecule has 0 spiro atoms. The minimum Gasteiger partial charge on any atom is -0.466 e. The second-order valence-corrected chi connectivity index (χ2v) is 7.10. The van der Waals surface area contributed by atoms with E-state index in [1.54, 1.807) is 18.2 Å². The lowest BCUT2D eigenvalue weighted by atomic mass is 10.2. The van der Waals surface area contributed by atoms with Crippen molar-refractivity contribution in [3.63, 3.8) is 0 Å². The molecule has 142 valence electrons. The van der Waals surface area contributed by atoms with Crippen LogP contribution in [0.2, 0.25) is 10.0 Å². The molecule has 0 aliphatic rings. The first-order valence-corrected chi connectivity index (χ1v) is 9.04. The quantitative estimate of drug-likeness (QED) is 0.653. The van der Waals surface area contributed by atoms with Crippen LogP contribution in [0.1, 0.15) is 17.4 Å². The van der Waals surface area contributed by atoms with E-state index in [0.717, 1.165) is 22.0 Å². The summed E-state index contributed by atoms with van der Waals surface area (Å²) >= 11 is 12.1. The Balaban J connectivity index is 1.60. The summed E-state index contributed by atoms with van der Waals surface area (Å²) in [5.74, 6) is 2.12. The number of para-hydroxylation sites is 1. The van der Waals surface area contributed by atoms with Gasteiger partial charge in [-0.1, -0.05) is 29.3 Å². The molecular formula is C18H19Cl2N4O3+. The molecule has 0 aliphatic heterocycles. The van der Waals surface area contributed by atoms with Gasteiger partial charge in [0, 0.05) is 0 Å². The lowest BCUT2D eigenvalue weighted by molar-refractivity contribution is -0.886. The Hall–Kier alpha value is -2.35. The molecule has 1 amide bonds. The Morgan fingerprint density at radius 3 is 2.52 bits per heavy atom. The first-order chi connectivity index (χ1) is 12.8. The summed E-state index contributed by atoms with van der Waals surface area (Å²) in [5, 5.41) is 11.6. The Bertz CT molecular complexity index is 947. The van der Waals surface area contributed by atoms with E-state index in [0.29, 0.717) is 34.1 Å². The molecule has 7 nitrogen and oxygen atoms in total. The summed E-state index contributed by atoms with van der Waals surface area (Å²) < 4.78 is 11.2. The fraction of sp³-hybridized carbons (Fsp3) is 0.278. The molecule has 9 heteroatoms. The fourth-order valence-corrected chi connectivity index (χ4v) is 3.16. The van der Waals surface area contributed by atoms with Gasteiger partial charge in [0.2, 0.25) is 0 Å². The van der Waals surface area contributed by atoms with Gasteiger partial charge in [0.05, 0.1) is 28.3 Å². The molecule has 27 heavy (non-hydrogen) atoms. The van der Waals surface area contributed by atoms with Crippen molar-refractivity contribution in [2.75, 3.05) is 18.9 Å². The van der Waals surface area contributed by atoms with Gasteiger partial charge < -0.3 is 19.1 Å². The van der Waals surface area contributed by atoms with Crippen LogP contribution in [0.3, 0.4) is 0 Å². The number of aryl methyl sites for hydroxylation is 2. The van der Waals surface area contributed by atoms with E-state index in [1.807, 2.05) is 27.0 Å². The summed E-state index contributed by atoms with van der Waals surface area (Å²) in [6.07, 6.45) is 0. The van der Waals surface area contributed by atoms with Crippen molar-refractivity contribution in [2.24, 2.45) is 0 Å². The highest BCUT2D eigenvalue weighted by molar-refractivity contribution is 6.39. The summed E-state index contributed by atoms with van der Waals surface area (Å²) in [4.78, 5) is 13.1. The molecule has 1 atom stereocenters. The van der Waals surface area contributed by atoms with Gasteiger partial charge in [0.1, 0.15) is 11.5 Å². The number of aromatic nitrogens is 2. The van der Waals surface area contributed by atoms with Gasteiger partial charge in [0.15, 0.2) is 13.1 Å². The van der Waals surface area contributed by atoms with Crippen molar-refractivity contribution in [2.45, 2.75) is 20.4 Å². The van der Waals surface area contributed by atoms with Crippen molar-refractivity contribution < 1.29 is 18.5 Å². The normalized spacial score (nSPS) is 12.2. The molecule has 1 unspecified atom stereocenters. The van der Waals surface area contributed by atoms with Crippen molar-refractivity contribution in [3.05, 3.63) is 51.7 Å². The van der Waals surface area contributed by atoms with E-state index in [-0.39, 0.29) is 12.5 Å². The van der Waals surface area contributed by atoms with Crippen molar-refractivity contribution >= 4 is 34.8 Å². The zero-order chi connectivity index (χ0) is 19.6. The Labute approximate surface area is 166 Å². The number of benzene rings is 1. The second-order valence-electron chi connectivity index (χ2n) is 6.28. The highest BCUT2D eigenvalue weighted by Crippen LogP contribution is 2.29. The highest BCUT2D eigenvalue weighted by atomic mass is 35.5. The number of carbonyl (C=O) groups is 1. The summed E-state index contributed by atoms with van der Waals surface area (Å²) in [5.41, 5.74) is 1.18. The first kappa shape index (κ1) is 19.4. The van der Waals surface area contributed by atoms with Gasteiger partial charge in [-0.3, -0.25) is 4.79 Å². The van der Waals surface area contributed by atoms with Crippen LogP contribution in [0.15, 0.2) is 33.1 Å². The molecule has 0 saturated carbocycles. The van der Waals surface area contributed by atoms with Crippen molar-refractivity contribution in [1.82, 2.24) is 10.2 Å². The first-order valence-electron chi connectivity index (χ1n) is 8.28. The lowest BCUT2D eigenvalue weighted by Gasteiger charge is -2.13. The number of rotatable bonds is 6. The van der Waals surface area contributed by atoms with Crippen molar-refractivity contribution in [3.8, 4) is 11.5 Å². The number of carbonyl (C=O) groups excluding carboxylic acids is 1. The van der Waals surface area contributed by atoms with Crippen LogP contribution in [0.25, 0.3) is 11.5 Å². The molecule has 2 aromatic heterocycles. The van der Waals surface area contributed by atoms with E-state index in [1.165, 1.54) is 0 Å². The van der Waals surface area contributed by atoms with Crippen LogP contribution in [-0.2, 0) is 11.3 Å². The average Bonchev–Trinajstić information content (AvgIpc) is 3.16. The molecular weight excluding hydrogens is 391 g/mol. The second kappa shape index (κ2) is 8.12. The van der Waals surface area contributed by atoms with Crippen LogP contribution in [0, 0.1) is 13.8 Å². The third kappa shape index (κ3) is 4.68. The zero-order valence-corrected chi connectivity index (χ0v) is 16.6. The van der Waals surface area contributed by atoms with Crippen LogP contribution in [0.5, 0.6) is 0 Å². The molecule has 0 aliphatic carbocycles. The van der Waals surface area contributed by atoms with Gasteiger partial charge in [-0.2, -0.15) is 0 Å². The maximum Gasteiger partial charge on any atom is 0.279 e. The number of halogens is 2. The molecule has 0 saturated heterocycles. The SMILES string of the molecule is Cc1cc(-c2nnc(C[NH+](C)CC(=O)Nc3c(Cl)cccc3Cl)o2)c(C)o1. The Morgan fingerprint density at radius 1 is 1.19 bits per heavy atom. The van der Waals surface area contributed by atoms with Crippen LogP contribution < -0.4 is 10.2 Å². The van der Waals surface area contributed by atoms with Gasteiger partial charge in [-0.05, 0) is 32.0 Å². The standard InChI is InChI=1S/C18H18Cl2N4O3/c1-10-7-12(11(2)26-10)18-23-22-16(27-18)9-24(3)8-15(25)21-17-13(19)5-4-6-14(17)20/h4-7H,8-9H2,1-3H3,(H,21,25)/p+1. The fourth-order valence-electron chi connectivity index (χ4n) is 2.67. The maximum absolute atomic E-state index is 12.3. The van der Waals surface area contributed by atoms with Gasteiger partial charge in [0.25, 0.3) is 17.7 Å². The van der Waals surface area contributed by atoms with E-state index < -0.39 is 0 Å². The molecule has 0 bridgehead atoms. The predicted molar refractivity (Wildman–Crippen MR) is 102 cm³/mol. The lowest BCUT2D eigenvalue weighted by Crippen LogP contribution is -3.08. The van der Waals surface area contributed by atoms with Gasteiger partial charge in [-0.15, -0.1) is 10.2 Å². The molecule has 0 fully saturated rings. The number of anilines is 1. The molecule has 3 rings (SSSR count). The van der Waals surface area contributed by atoms with Crippen LogP contribution >= 0.6 is 23.2 Å². The van der Waals surface area contributed by atoms with Gasteiger partial charge in [-0.25, -0.2) is 0 Å².